The molecule has 2 aliphatic heterocycles. The van der Waals surface area contributed by atoms with Gasteiger partial charge >= 0.3 is 0 Å². The Hall–Kier alpha value is -1.50. The number of nitrogens with zero attached hydrogens (tertiary/aromatic N) is 2. The van der Waals surface area contributed by atoms with Gasteiger partial charge in [0.05, 0.1) is 34.5 Å². The second-order valence-corrected chi connectivity index (χ2v) is 6.26. The number of methoxy groups -OCH3 is 3. The van der Waals surface area contributed by atoms with E-state index in [4.69, 9.17) is 18.9 Å². The molecule has 0 atom stereocenters. The van der Waals surface area contributed by atoms with Gasteiger partial charge in [0.25, 0.3) is 0 Å². The predicted molar refractivity (Wildman–Crippen MR) is 92.3 cm³/mol. The Balaban J connectivity index is 1.70. The SMILES string of the molecule is COc1cc2c(c(OC)c1OC)CCN(CCN1CCOCC1)C2. The van der Waals surface area contributed by atoms with Crippen LogP contribution in [0.25, 0.3) is 0 Å². The number of morpholine rings is 1. The lowest BCUT2D eigenvalue weighted by molar-refractivity contribution is 0.0326. The van der Waals surface area contributed by atoms with E-state index in [0.717, 1.165) is 70.4 Å². The van der Waals surface area contributed by atoms with Crippen LogP contribution in [0.2, 0.25) is 0 Å². The molecule has 0 spiro atoms. The molecule has 0 aromatic heterocycles. The normalized spacial score (nSPS) is 19.0. The standard InChI is InChI=1S/C18H28N2O4/c1-21-16-12-14-13-20(7-6-19-8-10-24-11-9-19)5-4-15(14)17(22-2)18(16)23-3/h12H,4-11,13H2,1-3H3. The molecule has 0 aliphatic carbocycles. The number of rotatable bonds is 6. The second kappa shape index (κ2) is 8.05. The summed E-state index contributed by atoms with van der Waals surface area (Å²) in [5, 5.41) is 0. The third-order valence-electron chi connectivity index (χ3n) is 4.93. The van der Waals surface area contributed by atoms with E-state index in [2.05, 4.69) is 15.9 Å². The fraction of sp³-hybridized carbons (Fsp3) is 0.667. The molecule has 6 heteroatoms. The van der Waals surface area contributed by atoms with Gasteiger partial charge in [-0.3, -0.25) is 9.80 Å². The molecule has 0 unspecified atom stereocenters. The maximum atomic E-state index is 5.62. The maximum absolute atomic E-state index is 5.62. The van der Waals surface area contributed by atoms with Gasteiger partial charge in [0, 0.05) is 44.8 Å². The first-order valence-electron chi connectivity index (χ1n) is 8.60. The molecule has 3 rings (SSSR count). The Morgan fingerprint density at radius 3 is 2.29 bits per heavy atom. The predicted octanol–water partition coefficient (Wildman–Crippen LogP) is 1.40. The van der Waals surface area contributed by atoms with Crippen LogP contribution in [0, 0.1) is 0 Å². The molecule has 2 heterocycles. The first kappa shape index (κ1) is 17.3. The number of ether oxygens (including phenoxy) is 4. The molecule has 6 nitrogen and oxygen atoms in total. The molecule has 1 saturated heterocycles. The Kier molecular flexibility index (Phi) is 5.81. The average Bonchev–Trinajstić information content (AvgIpc) is 2.65. The quantitative estimate of drug-likeness (QED) is 0.782. The summed E-state index contributed by atoms with van der Waals surface area (Å²) < 4.78 is 22.0. The molecule has 24 heavy (non-hydrogen) atoms. The van der Waals surface area contributed by atoms with Crippen molar-refractivity contribution in [1.82, 2.24) is 9.80 Å². The lowest BCUT2D eigenvalue weighted by atomic mass is 9.97. The zero-order chi connectivity index (χ0) is 16.9. The van der Waals surface area contributed by atoms with Gasteiger partial charge in [-0.1, -0.05) is 0 Å². The summed E-state index contributed by atoms with van der Waals surface area (Å²) in [6, 6.07) is 2.09. The zero-order valence-corrected chi connectivity index (χ0v) is 15.0. The first-order valence-corrected chi connectivity index (χ1v) is 8.60. The van der Waals surface area contributed by atoms with Crippen molar-refractivity contribution in [3.8, 4) is 17.2 Å². The monoisotopic (exact) mass is 336 g/mol. The van der Waals surface area contributed by atoms with E-state index in [1.54, 1.807) is 21.3 Å². The van der Waals surface area contributed by atoms with Gasteiger partial charge in [-0.2, -0.15) is 0 Å². The smallest absolute Gasteiger partial charge is 0.203 e. The largest absolute Gasteiger partial charge is 0.493 e. The molecule has 0 bridgehead atoms. The van der Waals surface area contributed by atoms with Crippen LogP contribution >= 0.6 is 0 Å². The molecular formula is C18H28N2O4. The summed E-state index contributed by atoms with van der Waals surface area (Å²) in [4.78, 5) is 4.98. The number of fused-ring (bicyclic) bond motifs is 1. The van der Waals surface area contributed by atoms with Crippen LogP contribution in [0.1, 0.15) is 11.1 Å². The van der Waals surface area contributed by atoms with Gasteiger partial charge in [0.15, 0.2) is 11.5 Å². The minimum Gasteiger partial charge on any atom is -0.493 e. The van der Waals surface area contributed by atoms with Gasteiger partial charge < -0.3 is 18.9 Å². The van der Waals surface area contributed by atoms with Crippen molar-refractivity contribution in [3.63, 3.8) is 0 Å². The molecular weight excluding hydrogens is 308 g/mol. The van der Waals surface area contributed by atoms with Crippen molar-refractivity contribution >= 4 is 0 Å². The van der Waals surface area contributed by atoms with Crippen molar-refractivity contribution < 1.29 is 18.9 Å². The highest BCUT2D eigenvalue weighted by Crippen LogP contribution is 2.43. The zero-order valence-electron chi connectivity index (χ0n) is 15.0. The molecule has 134 valence electrons. The van der Waals surface area contributed by atoms with Gasteiger partial charge in [0.2, 0.25) is 5.75 Å². The third-order valence-corrected chi connectivity index (χ3v) is 4.93. The van der Waals surface area contributed by atoms with E-state index in [9.17, 15) is 0 Å². The molecule has 0 radical (unpaired) electrons. The van der Waals surface area contributed by atoms with Crippen molar-refractivity contribution in [2.45, 2.75) is 13.0 Å². The molecule has 1 aromatic rings. The van der Waals surface area contributed by atoms with Crippen LogP contribution in [-0.2, 0) is 17.7 Å². The van der Waals surface area contributed by atoms with Crippen LogP contribution in [0.15, 0.2) is 6.07 Å². The molecule has 0 amide bonds. The lowest BCUT2D eigenvalue weighted by Gasteiger charge is -2.33. The fourth-order valence-electron chi connectivity index (χ4n) is 3.57. The summed E-state index contributed by atoms with van der Waals surface area (Å²) in [6.07, 6.45) is 0.974. The van der Waals surface area contributed by atoms with Gasteiger partial charge in [-0.25, -0.2) is 0 Å². The molecule has 0 saturated carbocycles. The van der Waals surface area contributed by atoms with Crippen LogP contribution in [0.4, 0.5) is 0 Å². The summed E-state index contributed by atoms with van der Waals surface area (Å²) in [6.45, 7) is 7.96. The van der Waals surface area contributed by atoms with Crippen LogP contribution in [0.3, 0.4) is 0 Å². The first-order chi connectivity index (χ1) is 11.8. The molecule has 2 aliphatic rings. The average molecular weight is 336 g/mol. The third kappa shape index (κ3) is 3.61. The summed E-state index contributed by atoms with van der Waals surface area (Å²) >= 11 is 0. The highest BCUT2D eigenvalue weighted by molar-refractivity contribution is 5.59. The minimum absolute atomic E-state index is 0.695. The van der Waals surface area contributed by atoms with Crippen LogP contribution in [-0.4, -0.2) is 77.1 Å². The highest BCUT2D eigenvalue weighted by atomic mass is 16.5. The van der Waals surface area contributed by atoms with Gasteiger partial charge in [-0.15, -0.1) is 0 Å². The van der Waals surface area contributed by atoms with E-state index in [0.29, 0.717) is 5.75 Å². The summed E-state index contributed by atoms with van der Waals surface area (Å²) in [7, 11) is 5.02. The molecule has 1 fully saturated rings. The fourth-order valence-corrected chi connectivity index (χ4v) is 3.57. The lowest BCUT2D eigenvalue weighted by Crippen LogP contribution is -2.42. The summed E-state index contributed by atoms with van der Waals surface area (Å²) in [5.41, 5.74) is 2.52. The van der Waals surface area contributed by atoms with Crippen molar-refractivity contribution in [3.05, 3.63) is 17.2 Å². The van der Waals surface area contributed by atoms with E-state index in [1.165, 1.54) is 11.1 Å². The van der Waals surface area contributed by atoms with Crippen molar-refractivity contribution in [2.24, 2.45) is 0 Å². The van der Waals surface area contributed by atoms with Crippen LogP contribution < -0.4 is 14.2 Å². The Labute approximate surface area is 144 Å². The second-order valence-electron chi connectivity index (χ2n) is 6.26. The van der Waals surface area contributed by atoms with E-state index < -0.39 is 0 Å². The molecule has 0 N–H and O–H groups in total. The van der Waals surface area contributed by atoms with Gasteiger partial charge in [-0.05, 0) is 18.1 Å². The topological polar surface area (TPSA) is 43.4 Å². The Bertz CT molecular complexity index is 558. The van der Waals surface area contributed by atoms with E-state index in [1.807, 2.05) is 0 Å². The van der Waals surface area contributed by atoms with E-state index >= 15 is 0 Å². The number of benzene rings is 1. The van der Waals surface area contributed by atoms with Crippen molar-refractivity contribution in [1.29, 1.82) is 0 Å². The van der Waals surface area contributed by atoms with Crippen molar-refractivity contribution in [2.75, 3.05) is 67.3 Å². The van der Waals surface area contributed by atoms with Crippen LogP contribution in [0.5, 0.6) is 17.2 Å². The Morgan fingerprint density at radius 1 is 0.917 bits per heavy atom. The number of hydrogen-bond donors (Lipinski definition) is 0. The minimum atomic E-state index is 0.695. The van der Waals surface area contributed by atoms with Gasteiger partial charge in [0.1, 0.15) is 0 Å². The Morgan fingerprint density at radius 2 is 1.62 bits per heavy atom. The number of hydrogen-bond acceptors (Lipinski definition) is 6. The highest BCUT2D eigenvalue weighted by Gasteiger charge is 2.25. The summed E-state index contributed by atoms with van der Waals surface area (Å²) in [5.74, 6) is 2.25. The molecule has 1 aromatic carbocycles. The maximum Gasteiger partial charge on any atom is 0.203 e. The van der Waals surface area contributed by atoms with E-state index in [-0.39, 0.29) is 0 Å².